The lowest BCUT2D eigenvalue weighted by molar-refractivity contribution is -0.140. The van der Waals surface area contributed by atoms with Gasteiger partial charge in [0.2, 0.25) is 11.8 Å². The molecule has 45 heavy (non-hydrogen) atoms. The van der Waals surface area contributed by atoms with E-state index in [1.165, 1.54) is 17.0 Å². The maximum atomic E-state index is 14.5. The molecule has 0 heterocycles. The number of nitrogens with zero attached hydrogens (tertiary/aromatic N) is 2. The highest BCUT2D eigenvalue weighted by atomic mass is 79.9. The minimum absolute atomic E-state index is 0.0646. The van der Waals surface area contributed by atoms with Crippen molar-refractivity contribution in [2.45, 2.75) is 57.1 Å². The standard InChI is InChI=1S/C35H37Br2N3O4S/c1-4-26(3)38-35(42)33(21-27-10-6-5-7-11-27)39(23-28-12-8-13-29(36)20-28)34(41)24-40(31-15-9-14-30(37)22-31)45(43,44)32-18-16-25(2)17-19-32/h5-20,22,26,33H,4,21,23-24H2,1-3H3,(H,38,42)/t26-,33-/m1/s1. The molecule has 0 unspecified atom stereocenters. The van der Waals surface area contributed by atoms with Crippen molar-refractivity contribution >= 4 is 59.4 Å². The molecule has 4 aromatic carbocycles. The Morgan fingerprint density at radius 2 is 1.44 bits per heavy atom. The smallest absolute Gasteiger partial charge is 0.264 e. The Morgan fingerprint density at radius 3 is 2.07 bits per heavy atom. The summed E-state index contributed by atoms with van der Waals surface area (Å²) in [7, 11) is -4.17. The van der Waals surface area contributed by atoms with Crippen molar-refractivity contribution in [3.05, 3.63) is 129 Å². The van der Waals surface area contributed by atoms with Gasteiger partial charge in [0.25, 0.3) is 10.0 Å². The molecule has 4 rings (SSSR count). The van der Waals surface area contributed by atoms with Crippen LogP contribution in [0.15, 0.2) is 117 Å². The molecule has 7 nitrogen and oxygen atoms in total. The molecule has 0 fully saturated rings. The van der Waals surface area contributed by atoms with Crippen LogP contribution in [0.5, 0.6) is 0 Å². The molecule has 0 aliphatic heterocycles. The van der Waals surface area contributed by atoms with E-state index < -0.39 is 28.5 Å². The van der Waals surface area contributed by atoms with Crippen LogP contribution in [0.1, 0.15) is 37.0 Å². The predicted molar refractivity (Wildman–Crippen MR) is 186 cm³/mol. The second-order valence-corrected chi connectivity index (χ2v) is 14.7. The molecular formula is C35H37Br2N3O4S. The highest BCUT2D eigenvalue weighted by Gasteiger charge is 2.35. The van der Waals surface area contributed by atoms with Crippen molar-refractivity contribution in [1.29, 1.82) is 0 Å². The van der Waals surface area contributed by atoms with E-state index >= 15 is 0 Å². The van der Waals surface area contributed by atoms with Gasteiger partial charge in [0.1, 0.15) is 12.6 Å². The molecule has 0 bridgehead atoms. The zero-order chi connectivity index (χ0) is 32.6. The van der Waals surface area contributed by atoms with Crippen molar-refractivity contribution < 1.29 is 18.0 Å². The number of hydrogen-bond acceptors (Lipinski definition) is 4. The number of benzene rings is 4. The van der Waals surface area contributed by atoms with Gasteiger partial charge in [-0.2, -0.15) is 0 Å². The maximum absolute atomic E-state index is 14.5. The van der Waals surface area contributed by atoms with Crippen LogP contribution in [0.25, 0.3) is 0 Å². The van der Waals surface area contributed by atoms with E-state index in [-0.39, 0.29) is 29.8 Å². The van der Waals surface area contributed by atoms with Gasteiger partial charge in [-0.3, -0.25) is 13.9 Å². The van der Waals surface area contributed by atoms with Gasteiger partial charge in [0.15, 0.2) is 0 Å². The Morgan fingerprint density at radius 1 is 0.822 bits per heavy atom. The number of rotatable bonds is 13. The third-order valence-corrected chi connectivity index (χ3v) is 10.3. The molecule has 2 atom stereocenters. The van der Waals surface area contributed by atoms with Gasteiger partial charge in [0, 0.05) is 28.0 Å². The number of carbonyl (C=O) groups excluding carboxylic acids is 2. The van der Waals surface area contributed by atoms with Gasteiger partial charge < -0.3 is 10.2 Å². The van der Waals surface area contributed by atoms with Crippen molar-refractivity contribution in [3.63, 3.8) is 0 Å². The number of carbonyl (C=O) groups is 2. The molecule has 1 N–H and O–H groups in total. The first-order valence-electron chi connectivity index (χ1n) is 14.7. The van der Waals surface area contributed by atoms with Crippen LogP contribution in [0, 0.1) is 6.92 Å². The van der Waals surface area contributed by atoms with Crippen LogP contribution in [0.4, 0.5) is 5.69 Å². The summed E-state index contributed by atoms with van der Waals surface area (Å²) in [5.41, 5.74) is 2.91. The topological polar surface area (TPSA) is 86.8 Å². The highest BCUT2D eigenvalue weighted by molar-refractivity contribution is 9.10. The first-order chi connectivity index (χ1) is 21.5. The lowest BCUT2D eigenvalue weighted by Crippen LogP contribution is -2.54. The van der Waals surface area contributed by atoms with Crippen LogP contribution in [-0.4, -0.2) is 43.8 Å². The van der Waals surface area contributed by atoms with Crippen LogP contribution in [-0.2, 0) is 32.6 Å². The Labute approximate surface area is 283 Å². The maximum Gasteiger partial charge on any atom is 0.264 e. The molecule has 0 aliphatic carbocycles. The normalized spacial score (nSPS) is 12.6. The van der Waals surface area contributed by atoms with Crippen LogP contribution < -0.4 is 9.62 Å². The van der Waals surface area contributed by atoms with E-state index in [1.54, 1.807) is 36.4 Å². The third kappa shape index (κ3) is 9.28. The second-order valence-electron chi connectivity index (χ2n) is 11.0. The molecule has 4 aromatic rings. The first kappa shape index (κ1) is 34.4. The number of halogens is 2. The number of aryl methyl sites for hydroxylation is 1. The van der Waals surface area contributed by atoms with Crippen molar-refractivity contribution in [2.75, 3.05) is 10.8 Å². The third-order valence-electron chi connectivity index (χ3n) is 7.50. The first-order valence-corrected chi connectivity index (χ1v) is 17.7. The van der Waals surface area contributed by atoms with E-state index in [9.17, 15) is 18.0 Å². The van der Waals surface area contributed by atoms with Crippen molar-refractivity contribution in [2.24, 2.45) is 0 Å². The Bertz CT molecular complexity index is 1720. The summed E-state index contributed by atoms with van der Waals surface area (Å²) in [6.07, 6.45) is 0.972. The lowest BCUT2D eigenvalue weighted by atomic mass is 10.0. The van der Waals surface area contributed by atoms with Gasteiger partial charge in [-0.15, -0.1) is 0 Å². The lowest BCUT2D eigenvalue weighted by Gasteiger charge is -2.34. The summed E-state index contributed by atoms with van der Waals surface area (Å²) in [4.78, 5) is 30.0. The molecule has 10 heteroatoms. The Kier molecular flexibility index (Phi) is 12.0. The Balaban J connectivity index is 1.81. The summed E-state index contributed by atoms with van der Waals surface area (Å²) in [5, 5.41) is 3.06. The molecule has 0 saturated carbocycles. The van der Waals surface area contributed by atoms with Crippen LogP contribution >= 0.6 is 31.9 Å². The number of amides is 2. The van der Waals surface area contributed by atoms with E-state index in [1.807, 2.05) is 75.4 Å². The molecule has 0 aliphatic rings. The monoisotopic (exact) mass is 753 g/mol. The van der Waals surface area contributed by atoms with Gasteiger partial charge in [-0.05, 0) is 73.9 Å². The Hall–Kier alpha value is -3.47. The molecule has 0 spiro atoms. The van der Waals surface area contributed by atoms with Crippen LogP contribution in [0.3, 0.4) is 0 Å². The van der Waals surface area contributed by atoms with E-state index in [0.29, 0.717) is 10.2 Å². The number of nitrogens with one attached hydrogen (secondary N) is 1. The average molecular weight is 756 g/mol. The largest absolute Gasteiger partial charge is 0.352 e. The minimum Gasteiger partial charge on any atom is -0.352 e. The van der Waals surface area contributed by atoms with Crippen LogP contribution in [0.2, 0.25) is 0 Å². The number of sulfonamides is 1. The summed E-state index contributed by atoms with van der Waals surface area (Å²) in [5.74, 6) is -0.808. The van der Waals surface area contributed by atoms with Crippen molar-refractivity contribution in [1.82, 2.24) is 10.2 Å². The summed E-state index contributed by atoms with van der Waals surface area (Å²) in [6.45, 7) is 5.36. The van der Waals surface area contributed by atoms with E-state index in [2.05, 4.69) is 37.2 Å². The molecule has 0 saturated heterocycles. The van der Waals surface area contributed by atoms with Gasteiger partial charge in [-0.1, -0.05) is 105 Å². The molecule has 2 amide bonds. The second kappa shape index (κ2) is 15.7. The number of hydrogen-bond donors (Lipinski definition) is 1. The highest BCUT2D eigenvalue weighted by Crippen LogP contribution is 2.28. The predicted octanol–water partition coefficient (Wildman–Crippen LogP) is 7.27. The summed E-state index contributed by atoms with van der Waals surface area (Å²) < 4.78 is 30.9. The quantitative estimate of drug-likeness (QED) is 0.156. The SMILES string of the molecule is CC[C@@H](C)NC(=O)[C@@H](Cc1ccccc1)N(Cc1cccc(Br)c1)C(=O)CN(c1cccc(Br)c1)S(=O)(=O)c1ccc(C)cc1. The molecule has 0 aromatic heterocycles. The van der Waals surface area contributed by atoms with Gasteiger partial charge in [-0.25, -0.2) is 8.42 Å². The summed E-state index contributed by atoms with van der Waals surface area (Å²) in [6, 6.07) is 29.4. The fourth-order valence-corrected chi connectivity index (χ4v) is 7.06. The molecule has 236 valence electrons. The zero-order valence-corrected chi connectivity index (χ0v) is 29.5. The fraction of sp³-hybridized carbons (Fsp3) is 0.257. The summed E-state index contributed by atoms with van der Waals surface area (Å²) >= 11 is 6.95. The van der Waals surface area contributed by atoms with Crippen molar-refractivity contribution in [3.8, 4) is 0 Å². The average Bonchev–Trinajstić information content (AvgIpc) is 3.02. The minimum atomic E-state index is -4.17. The number of anilines is 1. The molecular weight excluding hydrogens is 718 g/mol. The van der Waals surface area contributed by atoms with Gasteiger partial charge in [0.05, 0.1) is 10.6 Å². The fourth-order valence-electron chi connectivity index (χ4n) is 4.82. The molecule has 0 radical (unpaired) electrons. The van der Waals surface area contributed by atoms with E-state index in [4.69, 9.17) is 0 Å². The zero-order valence-electron chi connectivity index (χ0n) is 25.5. The van der Waals surface area contributed by atoms with E-state index in [0.717, 1.165) is 31.9 Å². The van der Waals surface area contributed by atoms with Gasteiger partial charge >= 0.3 is 0 Å².